The van der Waals surface area contributed by atoms with Crippen LogP contribution in [-0.2, 0) is 16.4 Å². The summed E-state index contributed by atoms with van der Waals surface area (Å²) >= 11 is 0. The van der Waals surface area contributed by atoms with Gasteiger partial charge in [-0.05, 0) is 18.2 Å². The Kier molecular flexibility index (Phi) is 3.77. The van der Waals surface area contributed by atoms with Gasteiger partial charge in [-0.3, -0.25) is 4.72 Å². The molecule has 18 heavy (non-hydrogen) atoms. The summed E-state index contributed by atoms with van der Waals surface area (Å²) in [4.78, 5) is 0. The van der Waals surface area contributed by atoms with Crippen LogP contribution in [0.3, 0.4) is 0 Å². The Morgan fingerprint density at radius 3 is 2.28 bits per heavy atom. The van der Waals surface area contributed by atoms with Crippen LogP contribution in [0, 0.1) is 0 Å². The highest BCUT2D eigenvalue weighted by molar-refractivity contribution is 7.90. The maximum Gasteiger partial charge on any atom is 0.418 e. The quantitative estimate of drug-likeness (QED) is 0.826. The van der Waals surface area contributed by atoms with Crippen molar-refractivity contribution in [3.63, 3.8) is 0 Å². The van der Waals surface area contributed by atoms with E-state index in [1.807, 2.05) is 4.72 Å². The summed E-state index contributed by atoms with van der Waals surface area (Å²) in [5, 5.41) is 0. The van der Waals surface area contributed by atoms with Gasteiger partial charge in [0.15, 0.2) is 0 Å². The molecule has 0 unspecified atom stereocenters. The third-order valence-corrected chi connectivity index (χ3v) is 3.51. The Labute approximate surface area is 103 Å². The zero-order valence-electron chi connectivity index (χ0n) is 9.62. The van der Waals surface area contributed by atoms with Crippen LogP contribution >= 0.6 is 0 Å². The Morgan fingerprint density at radius 1 is 1.28 bits per heavy atom. The number of halogens is 3. The molecule has 0 heterocycles. The molecular weight excluding hydrogens is 271 g/mol. The molecule has 3 N–H and O–H groups in total. The molecule has 1 aromatic rings. The number of benzene rings is 1. The van der Waals surface area contributed by atoms with E-state index in [2.05, 4.69) is 0 Å². The number of hydrogen-bond acceptors (Lipinski definition) is 3. The first-order valence-corrected chi connectivity index (χ1v) is 6.15. The van der Waals surface area contributed by atoms with Crippen LogP contribution in [0.2, 0.25) is 0 Å². The van der Waals surface area contributed by atoms with E-state index in [-0.39, 0.29) is 5.69 Å². The molecule has 0 radical (unpaired) electrons. The second-order valence-electron chi connectivity index (χ2n) is 3.69. The minimum atomic E-state index is -4.69. The molecule has 0 aliphatic carbocycles. The minimum absolute atomic E-state index is 0.102. The van der Waals surface area contributed by atoms with Crippen LogP contribution in [0.4, 0.5) is 24.5 Å². The molecule has 102 valence electrons. The van der Waals surface area contributed by atoms with Crippen LogP contribution in [0.25, 0.3) is 0 Å². The van der Waals surface area contributed by atoms with E-state index < -0.39 is 27.6 Å². The maximum atomic E-state index is 12.7. The zero-order valence-corrected chi connectivity index (χ0v) is 10.4. The van der Waals surface area contributed by atoms with Crippen molar-refractivity contribution in [1.82, 2.24) is 4.31 Å². The molecule has 0 saturated heterocycles. The lowest BCUT2D eigenvalue weighted by atomic mass is 10.1. The summed E-state index contributed by atoms with van der Waals surface area (Å²) in [5.74, 6) is 0. The topological polar surface area (TPSA) is 75.4 Å². The molecule has 0 amide bonds. The number of hydrogen-bond donors (Lipinski definition) is 2. The van der Waals surface area contributed by atoms with E-state index >= 15 is 0 Å². The van der Waals surface area contributed by atoms with E-state index in [9.17, 15) is 21.6 Å². The molecule has 0 aromatic heterocycles. The van der Waals surface area contributed by atoms with Crippen molar-refractivity contribution in [2.75, 3.05) is 24.6 Å². The highest BCUT2D eigenvalue weighted by Crippen LogP contribution is 2.36. The van der Waals surface area contributed by atoms with E-state index in [1.165, 1.54) is 20.2 Å². The third kappa shape index (κ3) is 3.26. The average Bonchev–Trinajstić information content (AvgIpc) is 2.18. The highest BCUT2D eigenvalue weighted by atomic mass is 32.2. The molecule has 5 nitrogen and oxygen atoms in total. The summed E-state index contributed by atoms with van der Waals surface area (Å²) in [5.41, 5.74) is 3.46. The van der Waals surface area contributed by atoms with Gasteiger partial charge in [0.1, 0.15) is 0 Å². The molecule has 1 aromatic carbocycles. The zero-order chi connectivity index (χ0) is 14.1. The van der Waals surface area contributed by atoms with Crippen LogP contribution < -0.4 is 10.5 Å². The third-order valence-electron chi connectivity index (χ3n) is 2.07. The Hall–Kier alpha value is -1.48. The van der Waals surface area contributed by atoms with E-state index in [0.29, 0.717) is 6.07 Å². The number of nitrogen functional groups attached to an aromatic ring is 1. The molecule has 0 spiro atoms. The van der Waals surface area contributed by atoms with E-state index in [0.717, 1.165) is 10.4 Å². The smallest absolute Gasteiger partial charge is 0.399 e. The van der Waals surface area contributed by atoms with Crippen molar-refractivity contribution in [2.24, 2.45) is 0 Å². The normalized spacial score (nSPS) is 12.8. The van der Waals surface area contributed by atoms with Crippen LogP contribution in [0.15, 0.2) is 18.2 Å². The minimum Gasteiger partial charge on any atom is -0.399 e. The van der Waals surface area contributed by atoms with Gasteiger partial charge in [-0.2, -0.15) is 25.9 Å². The van der Waals surface area contributed by atoms with Gasteiger partial charge >= 0.3 is 16.4 Å². The molecule has 0 saturated carbocycles. The summed E-state index contributed by atoms with van der Waals surface area (Å²) in [7, 11) is -1.60. The first kappa shape index (κ1) is 14.6. The predicted molar refractivity (Wildman–Crippen MR) is 62.1 cm³/mol. The number of anilines is 2. The van der Waals surface area contributed by atoms with Crippen molar-refractivity contribution >= 4 is 21.6 Å². The molecule has 0 fully saturated rings. The maximum absolute atomic E-state index is 12.7. The second kappa shape index (κ2) is 4.65. The lowest BCUT2D eigenvalue weighted by Crippen LogP contribution is -2.30. The molecular formula is C9H12F3N3O2S. The van der Waals surface area contributed by atoms with Crippen LogP contribution in [-0.4, -0.2) is 26.8 Å². The first-order chi connectivity index (χ1) is 8.04. The first-order valence-electron chi connectivity index (χ1n) is 4.71. The highest BCUT2D eigenvalue weighted by Gasteiger charge is 2.34. The standard InChI is InChI=1S/C9H12F3N3O2S/c1-15(2)18(16,17)14-8-4-3-6(13)5-7(8)9(10,11)12/h3-5,14H,13H2,1-2H3. The summed E-state index contributed by atoms with van der Waals surface area (Å²) < 4.78 is 63.7. The van der Waals surface area contributed by atoms with Crippen molar-refractivity contribution in [2.45, 2.75) is 6.18 Å². The molecule has 0 bridgehead atoms. The van der Waals surface area contributed by atoms with Gasteiger partial charge in [0.05, 0.1) is 11.3 Å². The number of nitrogens with two attached hydrogens (primary N) is 1. The van der Waals surface area contributed by atoms with Crippen LogP contribution in [0.1, 0.15) is 5.56 Å². The van der Waals surface area contributed by atoms with Gasteiger partial charge in [0.2, 0.25) is 0 Å². The molecule has 1 rings (SSSR count). The fourth-order valence-electron chi connectivity index (χ4n) is 1.12. The van der Waals surface area contributed by atoms with Gasteiger partial charge < -0.3 is 5.73 Å². The Morgan fingerprint density at radius 2 is 1.83 bits per heavy atom. The number of alkyl halides is 3. The summed E-state index contributed by atoms with van der Waals surface area (Å²) in [6, 6.07) is 2.83. The number of nitrogens with zero attached hydrogens (tertiary/aromatic N) is 1. The molecule has 0 aliphatic rings. The van der Waals surface area contributed by atoms with Gasteiger partial charge in [0, 0.05) is 19.8 Å². The van der Waals surface area contributed by atoms with E-state index in [1.54, 1.807) is 0 Å². The Balaban J connectivity index is 3.27. The van der Waals surface area contributed by atoms with Gasteiger partial charge in [-0.15, -0.1) is 0 Å². The lowest BCUT2D eigenvalue weighted by molar-refractivity contribution is -0.136. The molecule has 0 atom stereocenters. The van der Waals surface area contributed by atoms with E-state index in [4.69, 9.17) is 5.73 Å². The monoisotopic (exact) mass is 283 g/mol. The van der Waals surface area contributed by atoms with Crippen molar-refractivity contribution in [3.8, 4) is 0 Å². The van der Waals surface area contributed by atoms with Gasteiger partial charge in [-0.1, -0.05) is 0 Å². The average molecular weight is 283 g/mol. The van der Waals surface area contributed by atoms with Crippen molar-refractivity contribution in [3.05, 3.63) is 23.8 Å². The largest absolute Gasteiger partial charge is 0.418 e. The lowest BCUT2D eigenvalue weighted by Gasteiger charge is -2.17. The fraction of sp³-hybridized carbons (Fsp3) is 0.333. The predicted octanol–water partition coefficient (Wildman–Crippen LogP) is 1.51. The van der Waals surface area contributed by atoms with Gasteiger partial charge in [0.25, 0.3) is 0 Å². The Bertz CT molecular complexity index is 540. The summed E-state index contributed by atoms with van der Waals surface area (Å²) in [6.07, 6.45) is -4.69. The fourth-order valence-corrected chi connectivity index (χ4v) is 1.75. The van der Waals surface area contributed by atoms with Crippen molar-refractivity contribution < 1.29 is 21.6 Å². The van der Waals surface area contributed by atoms with Crippen LogP contribution in [0.5, 0.6) is 0 Å². The number of rotatable bonds is 3. The molecule has 9 heteroatoms. The number of nitrogens with one attached hydrogen (secondary N) is 1. The van der Waals surface area contributed by atoms with Crippen molar-refractivity contribution in [1.29, 1.82) is 0 Å². The second-order valence-corrected chi connectivity index (χ2v) is 5.58. The van der Waals surface area contributed by atoms with Gasteiger partial charge in [-0.25, -0.2) is 0 Å². The molecule has 0 aliphatic heterocycles. The SMILES string of the molecule is CN(C)S(=O)(=O)Nc1ccc(N)cc1C(F)(F)F. The summed E-state index contributed by atoms with van der Waals surface area (Å²) in [6.45, 7) is 0.